The van der Waals surface area contributed by atoms with Crippen molar-refractivity contribution in [1.29, 1.82) is 0 Å². The molecule has 7 heteroatoms. The Bertz CT molecular complexity index is 1140. The van der Waals surface area contributed by atoms with Crippen molar-refractivity contribution in [3.05, 3.63) is 65.2 Å². The quantitative estimate of drug-likeness (QED) is 0.375. The summed E-state index contributed by atoms with van der Waals surface area (Å²) in [6.45, 7) is 3.37. The number of imide groups is 1. The van der Waals surface area contributed by atoms with Gasteiger partial charge in [0.15, 0.2) is 0 Å². The molecule has 5 atom stereocenters. The molecule has 2 aromatic rings. The third-order valence-electron chi connectivity index (χ3n) is 7.86. The lowest BCUT2D eigenvalue weighted by Crippen LogP contribution is -2.53. The van der Waals surface area contributed by atoms with Crippen molar-refractivity contribution < 1.29 is 23.9 Å². The van der Waals surface area contributed by atoms with E-state index in [4.69, 9.17) is 4.74 Å². The van der Waals surface area contributed by atoms with Crippen LogP contribution < -0.4 is 10.1 Å². The predicted octanol–water partition coefficient (Wildman–Crippen LogP) is 3.76. The Labute approximate surface area is 204 Å². The molecule has 7 nitrogen and oxygen atoms in total. The monoisotopic (exact) mass is 474 g/mol. The van der Waals surface area contributed by atoms with Crippen LogP contribution in [0.5, 0.6) is 5.75 Å². The molecule has 0 saturated heterocycles. The Morgan fingerprint density at radius 2 is 1.66 bits per heavy atom. The summed E-state index contributed by atoms with van der Waals surface area (Å²) < 4.78 is 5.09. The fraction of sp³-hybridized carbons (Fsp3) is 0.429. The highest BCUT2D eigenvalue weighted by Gasteiger charge is 2.45. The lowest BCUT2D eigenvalue weighted by atomic mass is 9.84. The SMILES string of the molecule is CC(=O)Oc1ccc(CC(C(=O)NC(C)C2CC3CCC2C3)N2C(=O)c3ccccc3C2=O)cc1. The standard InChI is InChI=1S/C28H30N2O5/c1-16(24-14-19-7-10-20(24)13-19)29-26(32)25(15-18-8-11-21(12-9-18)35-17(2)31)30-27(33)22-5-3-4-6-23(22)28(30)34/h3-6,8-9,11-12,16,19-20,24-25H,7,10,13-15H2,1-2H3,(H,29,32). The van der Waals surface area contributed by atoms with Gasteiger partial charge in [0, 0.05) is 19.4 Å². The van der Waals surface area contributed by atoms with Gasteiger partial charge in [-0.1, -0.05) is 30.7 Å². The van der Waals surface area contributed by atoms with Crippen molar-refractivity contribution >= 4 is 23.7 Å². The first kappa shape index (κ1) is 23.3. The molecule has 2 bridgehead atoms. The van der Waals surface area contributed by atoms with Crippen LogP contribution >= 0.6 is 0 Å². The number of fused-ring (bicyclic) bond motifs is 3. The van der Waals surface area contributed by atoms with Crippen molar-refractivity contribution in [2.24, 2.45) is 17.8 Å². The second-order valence-corrected chi connectivity index (χ2v) is 10.1. The van der Waals surface area contributed by atoms with Crippen molar-refractivity contribution in [3.8, 4) is 5.75 Å². The highest BCUT2D eigenvalue weighted by atomic mass is 16.5. The van der Waals surface area contributed by atoms with Gasteiger partial charge in [0.1, 0.15) is 11.8 Å². The lowest BCUT2D eigenvalue weighted by molar-refractivity contribution is -0.132. The first-order chi connectivity index (χ1) is 16.8. The molecule has 0 aromatic heterocycles. The zero-order chi connectivity index (χ0) is 24.7. The normalized spacial score (nSPS) is 24.3. The molecule has 182 valence electrons. The molecule has 1 aliphatic heterocycles. The number of carbonyl (C=O) groups excluding carboxylic acids is 4. The molecular weight excluding hydrogens is 444 g/mol. The van der Waals surface area contributed by atoms with Crippen LogP contribution in [0, 0.1) is 17.8 Å². The number of ether oxygens (including phenoxy) is 1. The molecule has 2 aromatic carbocycles. The van der Waals surface area contributed by atoms with E-state index in [1.807, 2.05) is 6.92 Å². The summed E-state index contributed by atoms with van der Waals surface area (Å²) >= 11 is 0. The van der Waals surface area contributed by atoms with Crippen LogP contribution in [-0.2, 0) is 16.0 Å². The average molecular weight is 475 g/mol. The Morgan fingerprint density at radius 3 is 2.20 bits per heavy atom. The fourth-order valence-corrected chi connectivity index (χ4v) is 6.21. The first-order valence-corrected chi connectivity index (χ1v) is 12.4. The number of nitrogens with one attached hydrogen (secondary N) is 1. The van der Waals surface area contributed by atoms with Gasteiger partial charge < -0.3 is 10.1 Å². The molecule has 0 spiro atoms. The van der Waals surface area contributed by atoms with Crippen LogP contribution in [0.3, 0.4) is 0 Å². The van der Waals surface area contributed by atoms with E-state index < -0.39 is 23.8 Å². The Kier molecular flexibility index (Phi) is 6.17. The third-order valence-corrected chi connectivity index (χ3v) is 7.86. The minimum atomic E-state index is -0.983. The molecular formula is C28H30N2O5. The van der Waals surface area contributed by atoms with Crippen molar-refractivity contribution in [2.45, 2.75) is 58.0 Å². The van der Waals surface area contributed by atoms with Gasteiger partial charge in [0.2, 0.25) is 5.91 Å². The highest BCUT2D eigenvalue weighted by molar-refractivity contribution is 6.22. The van der Waals surface area contributed by atoms with E-state index in [0.717, 1.165) is 22.8 Å². The van der Waals surface area contributed by atoms with Crippen LogP contribution in [0.25, 0.3) is 0 Å². The summed E-state index contributed by atoms with van der Waals surface area (Å²) in [7, 11) is 0. The van der Waals surface area contributed by atoms with Gasteiger partial charge in [-0.2, -0.15) is 0 Å². The number of hydrogen-bond acceptors (Lipinski definition) is 5. The summed E-state index contributed by atoms with van der Waals surface area (Å²) in [6, 6.07) is 12.4. The van der Waals surface area contributed by atoms with Gasteiger partial charge >= 0.3 is 5.97 Å². The molecule has 5 unspecified atom stereocenters. The van der Waals surface area contributed by atoms with E-state index in [0.29, 0.717) is 28.7 Å². The topological polar surface area (TPSA) is 92.8 Å². The maximum Gasteiger partial charge on any atom is 0.308 e. The first-order valence-electron chi connectivity index (χ1n) is 12.4. The van der Waals surface area contributed by atoms with Crippen LogP contribution in [0.2, 0.25) is 0 Å². The number of hydrogen-bond donors (Lipinski definition) is 1. The molecule has 2 aliphatic carbocycles. The summed E-state index contributed by atoms with van der Waals surface area (Å²) in [5.74, 6) is 0.588. The second kappa shape index (κ2) is 9.29. The van der Waals surface area contributed by atoms with E-state index in [1.54, 1.807) is 48.5 Å². The predicted molar refractivity (Wildman–Crippen MR) is 129 cm³/mol. The number of esters is 1. The zero-order valence-electron chi connectivity index (χ0n) is 20.0. The number of amides is 3. The minimum absolute atomic E-state index is 0.0261. The molecule has 1 N–H and O–H groups in total. The number of carbonyl (C=O) groups is 4. The van der Waals surface area contributed by atoms with Crippen molar-refractivity contribution in [1.82, 2.24) is 10.2 Å². The molecule has 2 fully saturated rings. The summed E-state index contributed by atoms with van der Waals surface area (Å²) in [4.78, 5) is 52.4. The molecule has 2 saturated carbocycles. The van der Waals surface area contributed by atoms with Crippen LogP contribution in [0.4, 0.5) is 0 Å². The highest BCUT2D eigenvalue weighted by Crippen LogP contribution is 2.49. The Balaban J connectivity index is 1.39. The smallest absolute Gasteiger partial charge is 0.308 e. The maximum atomic E-state index is 13.6. The second-order valence-electron chi connectivity index (χ2n) is 10.1. The Hall–Kier alpha value is -3.48. The van der Waals surface area contributed by atoms with Gasteiger partial charge in [-0.3, -0.25) is 24.1 Å². The lowest BCUT2D eigenvalue weighted by Gasteiger charge is -2.32. The molecule has 1 heterocycles. The third kappa shape index (κ3) is 4.47. The van der Waals surface area contributed by atoms with Crippen LogP contribution in [0.1, 0.15) is 65.8 Å². The van der Waals surface area contributed by atoms with E-state index in [1.165, 1.54) is 26.2 Å². The maximum absolute atomic E-state index is 13.6. The molecule has 3 amide bonds. The average Bonchev–Trinajstić information content (AvgIpc) is 3.53. The van der Waals surface area contributed by atoms with Crippen molar-refractivity contribution in [2.75, 3.05) is 0 Å². The van der Waals surface area contributed by atoms with Crippen LogP contribution in [-0.4, -0.2) is 40.7 Å². The molecule has 3 aliphatic rings. The van der Waals surface area contributed by atoms with E-state index in [2.05, 4.69) is 5.32 Å². The van der Waals surface area contributed by atoms with Gasteiger partial charge in [-0.25, -0.2) is 0 Å². The van der Waals surface area contributed by atoms with Crippen molar-refractivity contribution in [3.63, 3.8) is 0 Å². The van der Waals surface area contributed by atoms with E-state index in [9.17, 15) is 19.2 Å². The van der Waals surface area contributed by atoms with Gasteiger partial charge in [-0.05, 0) is 73.8 Å². The summed E-state index contributed by atoms with van der Waals surface area (Å²) in [5, 5.41) is 3.15. The largest absolute Gasteiger partial charge is 0.427 e. The van der Waals surface area contributed by atoms with E-state index in [-0.39, 0.29) is 18.4 Å². The van der Waals surface area contributed by atoms with Gasteiger partial charge in [0.05, 0.1) is 11.1 Å². The fourth-order valence-electron chi connectivity index (χ4n) is 6.21. The van der Waals surface area contributed by atoms with Gasteiger partial charge in [0.25, 0.3) is 11.8 Å². The van der Waals surface area contributed by atoms with Gasteiger partial charge in [-0.15, -0.1) is 0 Å². The molecule has 5 rings (SSSR count). The summed E-state index contributed by atoms with van der Waals surface area (Å²) in [6.07, 6.45) is 5.03. The molecule has 35 heavy (non-hydrogen) atoms. The number of rotatable bonds is 7. The zero-order valence-corrected chi connectivity index (χ0v) is 20.0. The minimum Gasteiger partial charge on any atom is -0.427 e. The summed E-state index contributed by atoms with van der Waals surface area (Å²) in [5.41, 5.74) is 1.40. The van der Waals surface area contributed by atoms with E-state index >= 15 is 0 Å². The molecule has 0 radical (unpaired) electrons. The Morgan fingerprint density at radius 1 is 1.00 bits per heavy atom. The van der Waals surface area contributed by atoms with Crippen LogP contribution in [0.15, 0.2) is 48.5 Å². The number of benzene rings is 2. The number of nitrogens with zero attached hydrogens (tertiary/aromatic N) is 1.